The van der Waals surface area contributed by atoms with E-state index < -0.39 is 28.3 Å². The van der Waals surface area contributed by atoms with Crippen LogP contribution in [-0.2, 0) is 21.4 Å². The van der Waals surface area contributed by atoms with Crippen molar-refractivity contribution in [2.45, 2.75) is 11.5 Å². The van der Waals surface area contributed by atoms with Gasteiger partial charge in [-0.25, -0.2) is 18.2 Å². The van der Waals surface area contributed by atoms with Gasteiger partial charge in [-0.15, -0.1) is 0 Å². The van der Waals surface area contributed by atoms with Gasteiger partial charge < -0.3 is 18.9 Å². The Morgan fingerprint density at radius 2 is 1.60 bits per heavy atom. The van der Waals surface area contributed by atoms with Gasteiger partial charge in [-0.3, -0.25) is 9.10 Å². The van der Waals surface area contributed by atoms with E-state index in [0.717, 1.165) is 22.0 Å². The van der Waals surface area contributed by atoms with Gasteiger partial charge >= 0.3 is 0 Å². The lowest BCUT2D eigenvalue weighted by atomic mass is 10.2. The van der Waals surface area contributed by atoms with Gasteiger partial charge in [-0.2, -0.15) is 5.10 Å². The summed E-state index contributed by atoms with van der Waals surface area (Å²) in [6, 6.07) is 19.3. The maximum atomic E-state index is 13.7. The van der Waals surface area contributed by atoms with Gasteiger partial charge in [0.25, 0.3) is 15.9 Å². The number of methoxy groups -OCH3 is 3. The Kier molecular flexibility index (Phi) is 11.3. The molecular weight excluding hydrogens is 693 g/mol. The third-order valence-corrected chi connectivity index (χ3v) is 8.91. The Morgan fingerprint density at radius 1 is 0.933 bits per heavy atom. The summed E-state index contributed by atoms with van der Waals surface area (Å²) in [5.41, 5.74) is 3.85. The Labute approximate surface area is 273 Å². The van der Waals surface area contributed by atoms with Crippen LogP contribution in [0.2, 0.25) is 5.02 Å². The lowest BCUT2D eigenvalue weighted by Gasteiger charge is -2.24. The summed E-state index contributed by atoms with van der Waals surface area (Å²) in [5, 5.41) is 4.60. The summed E-state index contributed by atoms with van der Waals surface area (Å²) in [6.45, 7) is -0.392. The van der Waals surface area contributed by atoms with Crippen molar-refractivity contribution in [3.63, 3.8) is 0 Å². The summed E-state index contributed by atoms with van der Waals surface area (Å²) >= 11 is 9.43. The van der Waals surface area contributed by atoms with Crippen LogP contribution in [0.4, 0.5) is 10.1 Å². The molecule has 14 heteroatoms. The molecule has 0 fully saturated rings. The molecule has 0 heterocycles. The van der Waals surface area contributed by atoms with Crippen molar-refractivity contribution >= 4 is 55.4 Å². The maximum Gasteiger partial charge on any atom is 0.264 e. The number of rotatable bonds is 13. The number of carbonyl (C=O) groups excluding carboxylic acids is 1. The predicted molar refractivity (Wildman–Crippen MR) is 173 cm³/mol. The van der Waals surface area contributed by atoms with Crippen molar-refractivity contribution in [2.75, 3.05) is 32.2 Å². The number of anilines is 1. The van der Waals surface area contributed by atoms with E-state index in [2.05, 4.69) is 26.5 Å². The molecule has 0 aromatic heterocycles. The van der Waals surface area contributed by atoms with E-state index >= 15 is 0 Å². The molecule has 0 atom stereocenters. The zero-order valence-electron chi connectivity index (χ0n) is 24.3. The average molecular weight is 721 g/mol. The highest BCUT2D eigenvalue weighted by Crippen LogP contribution is 2.37. The molecule has 4 aromatic carbocycles. The number of nitrogens with one attached hydrogen (secondary N) is 1. The van der Waals surface area contributed by atoms with Gasteiger partial charge in [0.05, 0.1) is 42.6 Å². The zero-order valence-corrected chi connectivity index (χ0v) is 27.4. The molecule has 1 amide bonds. The molecule has 0 saturated heterocycles. The summed E-state index contributed by atoms with van der Waals surface area (Å²) in [4.78, 5) is 12.8. The van der Waals surface area contributed by atoms with E-state index in [1.165, 1.54) is 57.9 Å². The summed E-state index contributed by atoms with van der Waals surface area (Å²) in [6.07, 6.45) is 1.36. The Hall–Kier alpha value is -4.33. The molecule has 0 unspecified atom stereocenters. The first-order chi connectivity index (χ1) is 21.5. The molecule has 0 aliphatic rings. The number of hydrogen-bond donors (Lipinski definition) is 1. The minimum atomic E-state index is -4.32. The fourth-order valence-electron chi connectivity index (χ4n) is 4.06. The largest absolute Gasteiger partial charge is 0.493 e. The van der Waals surface area contributed by atoms with Crippen molar-refractivity contribution < 1.29 is 36.6 Å². The minimum Gasteiger partial charge on any atom is -0.493 e. The highest BCUT2D eigenvalue weighted by atomic mass is 79.9. The molecule has 45 heavy (non-hydrogen) atoms. The maximum absolute atomic E-state index is 13.7. The van der Waals surface area contributed by atoms with Crippen LogP contribution in [0.15, 0.2) is 93.3 Å². The van der Waals surface area contributed by atoms with Crippen LogP contribution in [0.25, 0.3) is 0 Å². The Balaban J connectivity index is 1.51. The molecule has 1 N–H and O–H groups in total. The van der Waals surface area contributed by atoms with Crippen molar-refractivity contribution in [2.24, 2.45) is 5.10 Å². The van der Waals surface area contributed by atoms with E-state index in [9.17, 15) is 17.6 Å². The molecule has 4 aromatic rings. The highest BCUT2D eigenvalue weighted by Gasteiger charge is 2.28. The molecule has 0 aliphatic heterocycles. The van der Waals surface area contributed by atoms with Crippen LogP contribution in [0.5, 0.6) is 23.0 Å². The number of hydrazone groups is 1. The monoisotopic (exact) mass is 719 g/mol. The molecule has 0 saturated carbocycles. The van der Waals surface area contributed by atoms with Crippen LogP contribution in [0, 0.1) is 5.82 Å². The lowest BCUT2D eigenvalue weighted by molar-refractivity contribution is -0.119. The van der Waals surface area contributed by atoms with Gasteiger partial charge in [0, 0.05) is 11.1 Å². The van der Waals surface area contributed by atoms with Crippen molar-refractivity contribution in [1.29, 1.82) is 0 Å². The van der Waals surface area contributed by atoms with E-state index in [1.807, 2.05) is 12.1 Å². The quantitative estimate of drug-likeness (QED) is 0.129. The van der Waals surface area contributed by atoms with Gasteiger partial charge in [0.2, 0.25) is 0 Å². The molecule has 4 rings (SSSR count). The predicted octanol–water partition coefficient (Wildman–Crippen LogP) is 6.19. The SMILES string of the molecule is COc1ccc(S(=O)(=O)N(CC(=O)N/N=C\c2cc(Br)c(OCc3ccc(Cl)cc3)c(OC)c2)c2ccc(F)cc2)cc1OC. The summed E-state index contributed by atoms with van der Waals surface area (Å²) in [7, 11) is -0.0491. The first-order valence-corrected chi connectivity index (χ1v) is 15.7. The molecule has 0 spiro atoms. The normalized spacial score (nSPS) is 11.2. The first-order valence-electron chi connectivity index (χ1n) is 13.1. The average Bonchev–Trinajstić information content (AvgIpc) is 3.03. The number of hydrogen-bond acceptors (Lipinski definition) is 8. The number of nitrogens with zero attached hydrogens (tertiary/aromatic N) is 2. The van der Waals surface area contributed by atoms with E-state index in [4.69, 9.17) is 30.5 Å². The van der Waals surface area contributed by atoms with Gasteiger partial charge in [-0.1, -0.05) is 23.7 Å². The van der Waals surface area contributed by atoms with Crippen LogP contribution in [-0.4, -0.2) is 48.4 Å². The molecule has 0 bridgehead atoms. The third kappa shape index (κ3) is 8.44. The van der Waals surface area contributed by atoms with Crippen LogP contribution < -0.4 is 28.7 Å². The van der Waals surface area contributed by atoms with Crippen LogP contribution in [0.1, 0.15) is 11.1 Å². The number of ether oxygens (including phenoxy) is 4. The van der Waals surface area contributed by atoms with Crippen molar-refractivity contribution in [3.05, 3.63) is 105 Å². The second-order valence-corrected chi connectivity index (χ2v) is 12.4. The summed E-state index contributed by atoms with van der Waals surface area (Å²) in [5.74, 6) is 0.0438. The fraction of sp³-hybridized carbons (Fsp3) is 0.161. The molecule has 10 nitrogen and oxygen atoms in total. The van der Waals surface area contributed by atoms with Crippen molar-refractivity contribution in [3.8, 4) is 23.0 Å². The Bertz CT molecular complexity index is 1790. The molecule has 0 aliphatic carbocycles. The fourth-order valence-corrected chi connectivity index (χ4v) is 6.20. The van der Waals surface area contributed by atoms with Gasteiger partial charge in [0.15, 0.2) is 23.0 Å². The number of sulfonamides is 1. The highest BCUT2D eigenvalue weighted by molar-refractivity contribution is 9.10. The molecule has 236 valence electrons. The van der Waals surface area contributed by atoms with Gasteiger partial charge in [0.1, 0.15) is 19.0 Å². The van der Waals surface area contributed by atoms with Crippen LogP contribution >= 0.6 is 27.5 Å². The topological polar surface area (TPSA) is 116 Å². The standard InChI is InChI=1S/C31H28BrClFN3O7S/c1-41-27-13-12-25(16-28(27)42-2)45(39,40)37(24-10-8-23(34)9-11-24)18-30(38)36-35-17-21-14-26(32)31(29(15-21)43-3)44-19-20-4-6-22(33)7-5-20/h4-17H,18-19H2,1-3H3,(H,36,38)/b35-17-. The number of benzene rings is 4. The number of carbonyl (C=O) groups is 1. The van der Waals surface area contributed by atoms with Gasteiger partial charge in [-0.05, 0) is 87.7 Å². The molecule has 0 radical (unpaired) electrons. The van der Waals surface area contributed by atoms with E-state index in [0.29, 0.717) is 32.3 Å². The number of halogens is 3. The van der Waals surface area contributed by atoms with E-state index in [1.54, 1.807) is 24.3 Å². The lowest BCUT2D eigenvalue weighted by Crippen LogP contribution is -2.39. The van der Waals surface area contributed by atoms with Crippen molar-refractivity contribution in [1.82, 2.24) is 5.43 Å². The Morgan fingerprint density at radius 3 is 2.24 bits per heavy atom. The minimum absolute atomic E-state index is 0.0631. The second kappa shape index (κ2) is 15.1. The second-order valence-electron chi connectivity index (χ2n) is 9.25. The first kappa shape index (κ1) is 33.6. The van der Waals surface area contributed by atoms with E-state index in [-0.39, 0.29) is 22.9 Å². The third-order valence-electron chi connectivity index (χ3n) is 6.30. The zero-order chi connectivity index (χ0) is 32.6. The smallest absolute Gasteiger partial charge is 0.264 e. The summed E-state index contributed by atoms with van der Waals surface area (Å²) < 4.78 is 64.3. The number of amides is 1. The van der Waals surface area contributed by atoms with Crippen LogP contribution in [0.3, 0.4) is 0 Å². The molecular formula is C31H28BrClFN3O7S.